The number of fused-ring (bicyclic) bond motifs is 1. The van der Waals surface area contributed by atoms with Gasteiger partial charge in [0.1, 0.15) is 0 Å². The van der Waals surface area contributed by atoms with E-state index in [1.54, 1.807) is 0 Å². The number of hydrogen-bond donors (Lipinski definition) is 2. The molecule has 0 radical (unpaired) electrons. The fourth-order valence-corrected chi connectivity index (χ4v) is 2.35. The molecule has 1 unspecified atom stereocenters. The average molecular weight is 214 g/mol. The maximum atomic E-state index is 6.23. The lowest BCUT2D eigenvalue weighted by atomic mass is 10.0. The van der Waals surface area contributed by atoms with Crippen molar-refractivity contribution in [2.24, 2.45) is 0 Å². The van der Waals surface area contributed by atoms with E-state index in [-0.39, 0.29) is 5.38 Å². The van der Waals surface area contributed by atoms with E-state index in [9.17, 15) is 0 Å². The number of halogens is 1. The molecule has 0 fully saturated rings. The lowest BCUT2D eigenvalue weighted by Crippen LogP contribution is -2.17. The maximum Gasteiger partial charge on any atom is 0.0712 e. The second-order valence-electron chi connectivity index (χ2n) is 3.27. The third-order valence-electron chi connectivity index (χ3n) is 2.40. The predicted molar refractivity (Wildman–Crippen MR) is 58.9 cm³/mol. The van der Waals surface area contributed by atoms with Gasteiger partial charge in [-0.05, 0) is 30.2 Å². The molecule has 1 N–H and O–H groups in total. The largest absolute Gasteiger partial charge is 0.315 e. The van der Waals surface area contributed by atoms with Crippen LogP contribution in [0, 0.1) is 0 Å². The van der Waals surface area contributed by atoms with Crippen LogP contribution in [0.15, 0.2) is 23.1 Å². The summed E-state index contributed by atoms with van der Waals surface area (Å²) in [5.74, 6) is 0. The number of thiol groups is 1. The van der Waals surface area contributed by atoms with E-state index < -0.39 is 0 Å². The molecule has 1 aromatic rings. The van der Waals surface area contributed by atoms with Gasteiger partial charge < -0.3 is 5.32 Å². The van der Waals surface area contributed by atoms with Crippen molar-refractivity contribution < 1.29 is 0 Å². The molecule has 0 bridgehead atoms. The zero-order chi connectivity index (χ0) is 9.26. The molecule has 1 aliphatic heterocycles. The standard InChI is InChI=1S/C10H12ClNS/c11-9-6-12-5-4-8-7(9)2-1-3-10(8)13/h1-3,9,12-13H,4-6H2. The van der Waals surface area contributed by atoms with Crippen LogP contribution < -0.4 is 5.32 Å². The summed E-state index contributed by atoms with van der Waals surface area (Å²) in [6.07, 6.45) is 1.03. The summed E-state index contributed by atoms with van der Waals surface area (Å²) in [5, 5.41) is 3.39. The van der Waals surface area contributed by atoms with Crippen LogP contribution >= 0.6 is 24.2 Å². The van der Waals surface area contributed by atoms with Crippen molar-refractivity contribution in [1.29, 1.82) is 0 Å². The minimum atomic E-state index is 0.0876. The molecule has 0 saturated heterocycles. The van der Waals surface area contributed by atoms with E-state index >= 15 is 0 Å². The van der Waals surface area contributed by atoms with Gasteiger partial charge in [0.25, 0.3) is 0 Å². The number of hydrogen-bond acceptors (Lipinski definition) is 2. The van der Waals surface area contributed by atoms with Gasteiger partial charge in [-0.25, -0.2) is 0 Å². The molecule has 2 rings (SSSR count). The minimum absolute atomic E-state index is 0.0876. The fraction of sp³-hybridized carbons (Fsp3) is 0.400. The summed E-state index contributed by atoms with van der Waals surface area (Å²) in [5.41, 5.74) is 2.54. The maximum absolute atomic E-state index is 6.23. The van der Waals surface area contributed by atoms with Gasteiger partial charge in [-0.15, -0.1) is 24.2 Å². The van der Waals surface area contributed by atoms with Crippen molar-refractivity contribution >= 4 is 24.2 Å². The van der Waals surface area contributed by atoms with Crippen LogP contribution in [-0.4, -0.2) is 13.1 Å². The van der Waals surface area contributed by atoms with E-state index in [1.807, 2.05) is 12.1 Å². The van der Waals surface area contributed by atoms with Gasteiger partial charge in [0, 0.05) is 11.4 Å². The summed E-state index contributed by atoms with van der Waals surface area (Å²) in [7, 11) is 0. The van der Waals surface area contributed by atoms with Gasteiger partial charge in [-0.3, -0.25) is 0 Å². The van der Waals surface area contributed by atoms with Crippen LogP contribution in [0.1, 0.15) is 16.5 Å². The van der Waals surface area contributed by atoms with Gasteiger partial charge in [0.05, 0.1) is 5.38 Å². The Morgan fingerprint density at radius 3 is 3.15 bits per heavy atom. The lowest BCUT2D eigenvalue weighted by molar-refractivity contribution is 0.699. The molecule has 0 saturated carbocycles. The highest BCUT2D eigenvalue weighted by molar-refractivity contribution is 7.80. The molecule has 1 aliphatic rings. The highest BCUT2D eigenvalue weighted by Gasteiger charge is 2.16. The molecule has 0 aliphatic carbocycles. The van der Waals surface area contributed by atoms with Crippen molar-refractivity contribution in [2.75, 3.05) is 13.1 Å². The second-order valence-corrected chi connectivity index (χ2v) is 4.28. The molecule has 0 aromatic heterocycles. The highest BCUT2D eigenvalue weighted by atomic mass is 35.5. The van der Waals surface area contributed by atoms with Gasteiger partial charge in [-0.2, -0.15) is 0 Å². The van der Waals surface area contributed by atoms with E-state index in [0.717, 1.165) is 24.4 Å². The Labute approximate surface area is 88.9 Å². The normalized spacial score (nSPS) is 22.2. The van der Waals surface area contributed by atoms with Gasteiger partial charge >= 0.3 is 0 Å². The minimum Gasteiger partial charge on any atom is -0.315 e. The van der Waals surface area contributed by atoms with Crippen molar-refractivity contribution in [3.8, 4) is 0 Å². The number of nitrogens with one attached hydrogen (secondary N) is 1. The van der Waals surface area contributed by atoms with Crippen molar-refractivity contribution in [3.05, 3.63) is 29.3 Å². The summed E-state index contributed by atoms with van der Waals surface area (Å²) < 4.78 is 0. The Bertz CT molecular complexity index is 314. The molecule has 3 heteroatoms. The molecular formula is C10H12ClNS. The Kier molecular flexibility index (Phi) is 2.82. The van der Waals surface area contributed by atoms with Crippen LogP contribution in [0.3, 0.4) is 0 Å². The molecule has 1 heterocycles. The molecular weight excluding hydrogens is 202 g/mol. The van der Waals surface area contributed by atoms with Crippen LogP contribution in [0.4, 0.5) is 0 Å². The first kappa shape index (κ1) is 9.38. The van der Waals surface area contributed by atoms with Crippen molar-refractivity contribution in [1.82, 2.24) is 5.32 Å². The molecule has 1 atom stereocenters. The lowest BCUT2D eigenvalue weighted by Gasteiger charge is -2.11. The van der Waals surface area contributed by atoms with Crippen molar-refractivity contribution in [3.63, 3.8) is 0 Å². The number of alkyl halides is 1. The molecule has 0 spiro atoms. The Morgan fingerprint density at radius 1 is 1.46 bits per heavy atom. The van der Waals surface area contributed by atoms with Crippen LogP contribution in [0.2, 0.25) is 0 Å². The Morgan fingerprint density at radius 2 is 2.31 bits per heavy atom. The molecule has 13 heavy (non-hydrogen) atoms. The SMILES string of the molecule is Sc1cccc2c1CCNCC2Cl. The molecule has 0 amide bonds. The first-order valence-corrected chi connectivity index (χ1v) is 5.33. The first-order valence-electron chi connectivity index (χ1n) is 4.44. The van der Waals surface area contributed by atoms with E-state index in [2.05, 4.69) is 24.0 Å². The quantitative estimate of drug-likeness (QED) is 0.498. The number of benzene rings is 1. The molecule has 1 nitrogen and oxygen atoms in total. The van der Waals surface area contributed by atoms with Crippen molar-refractivity contribution in [2.45, 2.75) is 16.7 Å². The van der Waals surface area contributed by atoms with Crippen LogP contribution in [-0.2, 0) is 6.42 Å². The monoisotopic (exact) mass is 213 g/mol. The van der Waals surface area contributed by atoms with Crippen LogP contribution in [0.25, 0.3) is 0 Å². The predicted octanol–water partition coefficient (Wildman–Crippen LogP) is 2.40. The smallest absolute Gasteiger partial charge is 0.0712 e. The molecule has 1 aromatic carbocycles. The third kappa shape index (κ3) is 1.85. The van der Waals surface area contributed by atoms with Gasteiger partial charge in [-0.1, -0.05) is 12.1 Å². The summed E-state index contributed by atoms with van der Waals surface area (Å²) >= 11 is 10.7. The third-order valence-corrected chi connectivity index (χ3v) is 3.21. The first-order chi connectivity index (χ1) is 6.29. The summed E-state index contributed by atoms with van der Waals surface area (Å²) in [4.78, 5) is 1.06. The van der Waals surface area contributed by atoms with Gasteiger partial charge in [0.15, 0.2) is 0 Å². The van der Waals surface area contributed by atoms with E-state index in [0.29, 0.717) is 0 Å². The Hall–Kier alpha value is -0.180. The zero-order valence-corrected chi connectivity index (χ0v) is 8.91. The Balaban J connectivity index is 2.47. The van der Waals surface area contributed by atoms with E-state index in [1.165, 1.54) is 11.1 Å². The zero-order valence-electron chi connectivity index (χ0n) is 7.26. The second kappa shape index (κ2) is 3.91. The highest BCUT2D eigenvalue weighted by Crippen LogP contribution is 2.29. The topological polar surface area (TPSA) is 12.0 Å². The summed E-state index contributed by atoms with van der Waals surface area (Å²) in [6.45, 7) is 1.85. The van der Waals surface area contributed by atoms with Crippen LogP contribution in [0.5, 0.6) is 0 Å². The molecule has 70 valence electrons. The fourth-order valence-electron chi connectivity index (χ4n) is 1.71. The summed E-state index contributed by atoms with van der Waals surface area (Å²) in [6, 6.07) is 6.14. The number of rotatable bonds is 0. The van der Waals surface area contributed by atoms with E-state index in [4.69, 9.17) is 11.6 Å². The van der Waals surface area contributed by atoms with Gasteiger partial charge in [0.2, 0.25) is 0 Å². The average Bonchev–Trinajstić information content (AvgIpc) is 2.30.